The molecule has 9 aromatic carbocycles. The first-order chi connectivity index (χ1) is 32.2. The summed E-state index contributed by atoms with van der Waals surface area (Å²) < 4.78 is 13.1. The first-order valence-corrected chi connectivity index (χ1v) is 22.1. The molecular weight excluding hydrogens is 797 g/mol. The molecule has 4 aliphatic rings. The van der Waals surface area contributed by atoms with E-state index < -0.39 is 6.17 Å². The molecule has 0 fully saturated rings. The lowest BCUT2D eigenvalue weighted by Gasteiger charge is -2.42. The maximum Gasteiger partial charge on any atom is 0.159 e. The minimum Gasteiger partial charge on any atom is -0.456 e. The molecule has 0 saturated heterocycles. The second kappa shape index (κ2) is 12.9. The van der Waals surface area contributed by atoms with E-state index in [2.05, 4.69) is 192 Å². The van der Waals surface area contributed by atoms with Crippen molar-refractivity contribution in [2.45, 2.75) is 18.1 Å². The predicted octanol–water partition coefficient (Wildman–Crippen LogP) is 14.3. The molecule has 65 heavy (non-hydrogen) atoms. The van der Waals surface area contributed by atoms with Crippen molar-refractivity contribution in [3.05, 3.63) is 228 Å². The van der Waals surface area contributed by atoms with E-state index in [0.29, 0.717) is 5.84 Å². The van der Waals surface area contributed by atoms with Crippen LogP contribution in [0.1, 0.15) is 34.3 Å². The number of anilines is 2. The first kappa shape index (κ1) is 34.9. The largest absolute Gasteiger partial charge is 0.456 e. The van der Waals surface area contributed by atoms with Crippen LogP contribution in [0.3, 0.4) is 0 Å². The Labute approximate surface area is 373 Å². The quantitative estimate of drug-likeness (QED) is 0.178. The Balaban J connectivity index is 1.02. The second-order valence-electron chi connectivity index (χ2n) is 17.5. The van der Waals surface area contributed by atoms with E-state index in [9.17, 15) is 0 Å². The van der Waals surface area contributed by atoms with Crippen LogP contribution in [0.15, 0.2) is 213 Å². The molecule has 0 N–H and O–H groups in total. The Hall–Kier alpha value is -8.66. The Morgan fingerprint density at radius 3 is 2.18 bits per heavy atom. The Bertz CT molecular complexity index is 3980. The van der Waals surface area contributed by atoms with Gasteiger partial charge < -0.3 is 13.7 Å². The summed E-state index contributed by atoms with van der Waals surface area (Å²) in [5, 5.41) is 8.65. The van der Waals surface area contributed by atoms with Crippen molar-refractivity contribution >= 4 is 88.5 Å². The summed E-state index contributed by atoms with van der Waals surface area (Å²) >= 11 is 0. The molecule has 6 nitrogen and oxygen atoms in total. The molecule has 2 bridgehead atoms. The molecular formula is C59H34N4O2. The number of hydrogen-bond acceptors (Lipinski definition) is 6. The summed E-state index contributed by atoms with van der Waals surface area (Å²) in [7, 11) is 0. The Morgan fingerprint density at radius 1 is 0.538 bits per heavy atom. The van der Waals surface area contributed by atoms with Crippen molar-refractivity contribution in [1.29, 1.82) is 0 Å². The van der Waals surface area contributed by atoms with Crippen LogP contribution in [0.25, 0.3) is 76.5 Å². The molecule has 15 rings (SSSR count). The summed E-state index contributed by atoms with van der Waals surface area (Å²) in [5.74, 6) is 1.61. The van der Waals surface area contributed by atoms with E-state index in [1.165, 1.54) is 27.6 Å². The molecule has 1 aliphatic carbocycles. The molecule has 6 heteroatoms. The summed E-state index contributed by atoms with van der Waals surface area (Å²) in [5.41, 5.74) is 13.3. The van der Waals surface area contributed by atoms with E-state index in [1.807, 2.05) is 18.2 Å². The molecule has 11 aromatic rings. The average molecular weight is 831 g/mol. The number of para-hydroxylation sites is 1. The highest BCUT2D eigenvalue weighted by molar-refractivity contribution is 6.21. The van der Waals surface area contributed by atoms with Crippen molar-refractivity contribution in [1.82, 2.24) is 4.90 Å². The van der Waals surface area contributed by atoms with Gasteiger partial charge in [-0.05, 0) is 117 Å². The third kappa shape index (κ3) is 5.06. The maximum absolute atomic E-state index is 6.83. The lowest BCUT2D eigenvalue weighted by Crippen LogP contribution is -2.43. The van der Waals surface area contributed by atoms with Crippen molar-refractivity contribution in [3.8, 4) is 11.1 Å². The minimum atomic E-state index is -0.441. The highest BCUT2D eigenvalue weighted by Gasteiger charge is 2.45. The van der Waals surface area contributed by atoms with Crippen LogP contribution in [-0.4, -0.2) is 22.6 Å². The van der Waals surface area contributed by atoms with Gasteiger partial charge in [0.2, 0.25) is 0 Å². The fourth-order valence-corrected chi connectivity index (χ4v) is 10.9. The van der Waals surface area contributed by atoms with Gasteiger partial charge in [0.05, 0.1) is 11.7 Å². The third-order valence-electron chi connectivity index (χ3n) is 14.0. The number of fused-ring (bicyclic) bond motifs is 16. The van der Waals surface area contributed by atoms with Gasteiger partial charge in [-0.3, -0.25) is 4.90 Å². The normalized spacial score (nSPS) is 18.3. The number of hydrogen-bond donors (Lipinski definition) is 0. The molecule has 5 heterocycles. The van der Waals surface area contributed by atoms with Gasteiger partial charge in [0.25, 0.3) is 0 Å². The zero-order chi connectivity index (χ0) is 42.3. The summed E-state index contributed by atoms with van der Waals surface area (Å²) in [6.45, 7) is 0. The average Bonchev–Trinajstić information content (AvgIpc) is 4.01. The summed E-state index contributed by atoms with van der Waals surface area (Å²) in [6, 6.07) is 66.8. The van der Waals surface area contributed by atoms with Crippen molar-refractivity contribution in [2.24, 2.45) is 9.98 Å². The molecule has 0 spiro atoms. The molecule has 0 amide bonds. The summed E-state index contributed by atoms with van der Waals surface area (Å²) in [4.78, 5) is 16.3. The monoisotopic (exact) mass is 830 g/mol. The van der Waals surface area contributed by atoms with Crippen molar-refractivity contribution in [3.63, 3.8) is 0 Å². The fourth-order valence-electron chi connectivity index (χ4n) is 10.9. The van der Waals surface area contributed by atoms with E-state index in [-0.39, 0.29) is 12.0 Å². The molecule has 3 atom stereocenters. The molecule has 0 radical (unpaired) electrons. The van der Waals surface area contributed by atoms with Gasteiger partial charge in [-0.15, -0.1) is 0 Å². The van der Waals surface area contributed by atoms with E-state index >= 15 is 0 Å². The third-order valence-corrected chi connectivity index (χ3v) is 14.0. The van der Waals surface area contributed by atoms with Crippen LogP contribution in [0.5, 0.6) is 0 Å². The number of allylic oxidation sites excluding steroid dienone is 1. The van der Waals surface area contributed by atoms with Gasteiger partial charge in [0, 0.05) is 61.4 Å². The zero-order valence-corrected chi connectivity index (χ0v) is 34.7. The second-order valence-corrected chi connectivity index (χ2v) is 17.5. The number of benzene rings is 8. The van der Waals surface area contributed by atoms with Gasteiger partial charge in [-0.25, -0.2) is 9.98 Å². The molecule has 3 unspecified atom stereocenters. The number of aliphatic imine (C=N–C) groups is 2. The molecule has 0 saturated carbocycles. The van der Waals surface area contributed by atoms with Gasteiger partial charge >= 0.3 is 0 Å². The van der Waals surface area contributed by atoms with Crippen LogP contribution >= 0.6 is 0 Å². The molecule has 3 aliphatic heterocycles. The molecule has 2 aromatic heterocycles. The smallest absolute Gasteiger partial charge is 0.159 e. The zero-order valence-electron chi connectivity index (χ0n) is 34.7. The van der Waals surface area contributed by atoms with E-state index in [1.54, 1.807) is 0 Å². The summed E-state index contributed by atoms with van der Waals surface area (Å²) in [6.07, 6.45) is 6.68. The Kier molecular flexibility index (Phi) is 6.95. The van der Waals surface area contributed by atoms with Gasteiger partial charge in [-0.1, -0.05) is 115 Å². The highest BCUT2D eigenvalue weighted by atomic mass is 16.3. The standard InChI is InChI=1S/C59H34N4O2/c1-2-10-34(11-3-1)35-18-20-36(21-19-35)58-60-57(41-22-25-54-46(28-41)44-16-8-9-17-53(44)64-54)61-59-49-32-48-47-27-38-13-5-7-15-40(38)30-55(47)65-56(48)33-52(49)63-50-29-39-14-6-4-12-37(39)26-45(50)43-24-23-42(62(58)59)31-51(43)63/h1-4,6-12,14-33,43,51,58H. The van der Waals surface area contributed by atoms with Crippen LogP contribution in [0, 0.1) is 12.1 Å². The van der Waals surface area contributed by atoms with Gasteiger partial charge in [0.1, 0.15) is 28.2 Å². The van der Waals surface area contributed by atoms with Gasteiger partial charge in [-0.2, -0.15) is 0 Å². The maximum atomic E-state index is 6.83. The number of nitrogens with zero attached hydrogens (tertiary/aromatic N) is 4. The predicted molar refractivity (Wildman–Crippen MR) is 262 cm³/mol. The lowest BCUT2D eigenvalue weighted by atomic mass is 9.88. The van der Waals surface area contributed by atoms with Crippen LogP contribution in [0.2, 0.25) is 0 Å². The topological polar surface area (TPSA) is 57.5 Å². The number of rotatable bonds is 3. The van der Waals surface area contributed by atoms with Crippen molar-refractivity contribution in [2.75, 3.05) is 4.90 Å². The first-order valence-electron chi connectivity index (χ1n) is 22.1. The van der Waals surface area contributed by atoms with Gasteiger partial charge in [0.15, 0.2) is 12.0 Å². The fraction of sp³-hybridized carbons (Fsp3) is 0.0508. The van der Waals surface area contributed by atoms with Crippen molar-refractivity contribution < 1.29 is 8.83 Å². The van der Waals surface area contributed by atoms with Crippen LogP contribution in [0.4, 0.5) is 11.4 Å². The van der Waals surface area contributed by atoms with Crippen LogP contribution in [-0.2, 0) is 0 Å². The highest BCUT2D eigenvalue weighted by Crippen LogP contribution is 2.54. The Morgan fingerprint density at radius 2 is 1.28 bits per heavy atom. The lowest BCUT2D eigenvalue weighted by molar-refractivity contribution is 0.394. The number of furan rings is 2. The minimum absolute atomic E-state index is 0.0000665. The number of amidine groups is 2. The van der Waals surface area contributed by atoms with E-state index in [4.69, 9.17) is 18.8 Å². The van der Waals surface area contributed by atoms with Crippen LogP contribution < -0.4 is 4.90 Å². The van der Waals surface area contributed by atoms with E-state index in [0.717, 1.165) is 94.1 Å². The SMILES string of the molecule is c1ccc2cc3oc4cc5c(cc4c3cc2c#1)C1=NC(c2ccc3oc4ccccc4c3c2)=NC(c2ccc(-c3ccccc3)cc2)N1C1=CC2C(C=C1)c1cc3ccccc3cc1N52. The molecule has 302 valence electrons.